The van der Waals surface area contributed by atoms with E-state index in [1.807, 2.05) is 6.92 Å². The fourth-order valence-electron chi connectivity index (χ4n) is 1.01. The second-order valence-corrected chi connectivity index (χ2v) is 5.16. The number of hydrogen-bond acceptors (Lipinski definition) is 6. The van der Waals surface area contributed by atoms with Gasteiger partial charge in [0.15, 0.2) is 0 Å². The van der Waals surface area contributed by atoms with Crippen LogP contribution in [-0.2, 0) is 19.1 Å². The van der Waals surface area contributed by atoms with E-state index < -0.39 is 23.4 Å². The zero-order chi connectivity index (χ0) is 14.3. The van der Waals surface area contributed by atoms with Gasteiger partial charge in [-0.25, -0.2) is 10.2 Å². The van der Waals surface area contributed by atoms with E-state index in [0.717, 1.165) is 0 Å². The molecular formula is C12H24N2O4. The molecule has 0 aliphatic rings. The van der Waals surface area contributed by atoms with Gasteiger partial charge in [-0.3, -0.25) is 10.2 Å². The van der Waals surface area contributed by atoms with E-state index in [4.69, 9.17) is 9.47 Å². The topological polar surface area (TPSA) is 76.7 Å². The summed E-state index contributed by atoms with van der Waals surface area (Å²) in [7, 11) is 1.60. The lowest BCUT2D eigenvalue weighted by Crippen LogP contribution is -2.49. The van der Waals surface area contributed by atoms with Gasteiger partial charge in [0.2, 0.25) is 0 Å². The highest BCUT2D eigenvalue weighted by atomic mass is 16.6. The fourth-order valence-corrected chi connectivity index (χ4v) is 1.01. The van der Waals surface area contributed by atoms with Gasteiger partial charge in [-0.2, -0.15) is 0 Å². The molecule has 0 aromatic carbocycles. The van der Waals surface area contributed by atoms with Gasteiger partial charge in [0, 0.05) is 13.7 Å². The fraction of sp³-hybridized carbons (Fsp3) is 0.833. The van der Waals surface area contributed by atoms with Crippen molar-refractivity contribution in [1.82, 2.24) is 10.9 Å². The maximum atomic E-state index is 11.7. The van der Waals surface area contributed by atoms with Crippen molar-refractivity contribution in [2.24, 2.45) is 0 Å². The molecule has 0 spiro atoms. The number of carbonyl (C=O) groups is 2. The van der Waals surface area contributed by atoms with E-state index in [-0.39, 0.29) is 6.10 Å². The van der Waals surface area contributed by atoms with Crippen LogP contribution in [0.3, 0.4) is 0 Å². The Kier molecular flexibility index (Phi) is 7.05. The van der Waals surface area contributed by atoms with Gasteiger partial charge in [-0.1, -0.05) is 0 Å². The third kappa shape index (κ3) is 7.37. The smallest absolute Gasteiger partial charge is 0.376 e. The van der Waals surface area contributed by atoms with Crippen LogP contribution in [0.15, 0.2) is 0 Å². The third-order valence-electron chi connectivity index (χ3n) is 2.10. The minimum absolute atomic E-state index is 0.0151. The van der Waals surface area contributed by atoms with Crippen LogP contribution in [0.25, 0.3) is 0 Å². The number of carbonyl (C=O) groups excluding carboxylic acids is 2. The van der Waals surface area contributed by atoms with E-state index in [1.165, 1.54) is 0 Å². The van der Waals surface area contributed by atoms with Crippen molar-refractivity contribution in [3.8, 4) is 0 Å². The van der Waals surface area contributed by atoms with Gasteiger partial charge in [-0.05, 0) is 34.6 Å². The third-order valence-corrected chi connectivity index (χ3v) is 2.10. The normalized spacial score (nSPS) is 15.0. The average Bonchev–Trinajstić information content (AvgIpc) is 2.25. The molecule has 0 saturated heterocycles. The van der Waals surface area contributed by atoms with Crippen molar-refractivity contribution < 1.29 is 19.1 Å². The highest BCUT2D eigenvalue weighted by molar-refractivity contribution is 6.35. The Hall–Kier alpha value is -0.980. The molecule has 6 heteroatoms. The molecule has 0 saturated carbocycles. The summed E-state index contributed by atoms with van der Waals surface area (Å²) in [6, 6.07) is -0.649. The standard InChI is InChI=1S/C12H24N2O4/c1-8(17-6)7-13-14-9(2)10(15)11(16)18-12(3,4)5/h8-9,13-14H,7H2,1-6H3. The van der Waals surface area contributed by atoms with Crippen molar-refractivity contribution in [3.63, 3.8) is 0 Å². The molecule has 0 radical (unpaired) electrons. The number of hydrazine groups is 1. The lowest BCUT2D eigenvalue weighted by Gasteiger charge is -2.21. The molecule has 106 valence electrons. The molecule has 0 aliphatic carbocycles. The lowest BCUT2D eigenvalue weighted by molar-refractivity contribution is -0.163. The van der Waals surface area contributed by atoms with Crippen LogP contribution in [0.4, 0.5) is 0 Å². The molecule has 2 N–H and O–H groups in total. The molecule has 0 amide bonds. The van der Waals surface area contributed by atoms with Crippen LogP contribution in [0.2, 0.25) is 0 Å². The average molecular weight is 260 g/mol. The SMILES string of the molecule is COC(C)CNNC(C)C(=O)C(=O)OC(C)(C)C. The van der Waals surface area contributed by atoms with E-state index in [2.05, 4.69) is 10.9 Å². The van der Waals surface area contributed by atoms with Crippen molar-refractivity contribution in [3.05, 3.63) is 0 Å². The van der Waals surface area contributed by atoms with E-state index in [0.29, 0.717) is 6.54 Å². The lowest BCUT2D eigenvalue weighted by atomic mass is 10.2. The first-order chi connectivity index (χ1) is 8.17. The zero-order valence-corrected chi connectivity index (χ0v) is 12.0. The first-order valence-electron chi connectivity index (χ1n) is 5.95. The van der Waals surface area contributed by atoms with Crippen molar-refractivity contribution in [2.45, 2.75) is 52.4 Å². The molecule has 0 aromatic rings. The monoisotopic (exact) mass is 260 g/mol. The molecule has 0 rings (SSSR count). The van der Waals surface area contributed by atoms with Gasteiger partial charge >= 0.3 is 5.97 Å². The molecule has 2 unspecified atom stereocenters. The summed E-state index contributed by atoms with van der Waals surface area (Å²) in [5.41, 5.74) is 4.90. The molecule has 6 nitrogen and oxygen atoms in total. The Labute approximate surface area is 108 Å². The summed E-state index contributed by atoms with van der Waals surface area (Å²) < 4.78 is 10.0. The first-order valence-corrected chi connectivity index (χ1v) is 5.95. The van der Waals surface area contributed by atoms with Crippen molar-refractivity contribution in [1.29, 1.82) is 0 Å². The highest BCUT2D eigenvalue weighted by Gasteiger charge is 2.26. The van der Waals surface area contributed by atoms with Crippen LogP contribution in [0.1, 0.15) is 34.6 Å². The molecule has 0 heterocycles. The number of ether oxygens (including phenoxy) is 2. The Balaban J connectivity index is 4.07. The van der Waals surface area contributed by atoms with Gasteiger partial charge in [-0.15, -0.1) is 0 Å². The predicted octanol–water partition coefficient (Wildman–Crippen LogP) is 0.415. The number of hydrogen-bond donors (Lipinski definition) is 2. The largest absolute Gasteiger partial charge is 0.454 e. The number of nitrogens with one attached hydrogen (secondary N) is 2. The summed E-state index contributed by atoms with van der Waals surface area (Å²) in [4.78, 5) is 23.1. The van der Waals surface area contributed by atoms with Crippen molar-refractivity contribution in [2.75, 3.05) is 13.7 Å². The quantitative estimate of drug-likeness (QED) is 0.392. The second-order valence-electron chi connectivity index (χ2n) is 5.16. The predicted molar refractivity (Wildman–Crippen MR) is 67.9 cm³/mol. The molecule has 18 heavy (non-hydrogen) atoms. The van der Waals surface area contributed by atoms with Gasteiger partial charge in [0.05, 0.1) is 12.1 Å². The minimum atomic E-state index is -0.830. The van der Waals surface area contributed by atoms with Gasteiger partial charge in [0.1, 0.15) is 5.60 Å². The van der Waals surface area contributed by atoms with E-state index in [1.54, 1.807) is 34.8 Å². The summed E-state index contributed by atoms with van der Waals surface area (Å²) in [6.45, 7) is 9.16. The zero-order valence-electron chi connectivity index (χ0n) is 12.0. The first kappa shape index (κ1) is 17.0. The van der Waals surface area contributed by atoms with Crippen LogP contribution < -0.4 is 10.9 Å². The molecule has 2 atom stereocenters. The van der Waals surface area contributed by atoms with Crippen LogP contribution >= 0.6 is 0 Å². The van der Waals surface area contributed by atoms with Crippen molar-refractivity contribution >= 4 is 11.8 Å². The van der Waals surface area contributed by atoms with Crippen LogP contribution in [0.5, 0.6) is 0 Å². The number of Topliss-reactive ketones (excluding diaryl/α,β-unsaturated/α-hetero) is 1. The van der Waals surface area contributed by atoms with Gasteiger partial charge < -0.3 is 9.47 Å². The number of esters is 1. The molecule has 0 fully saturated rings. The molecular weight excluding hydrogens is 236 g/mol. The Morgan fingerprint density at radius 3 is 2.22 bits per heavy atom. The summed E-state index contributed by atoms with van der Waals surface area (Å²) >= 11 is 0. The molecule has 0 bridgehead atoms. The Bertz CT molecular complexity index is 286. The number of methoxy groups -OCH3 is 1. The Morgan fingerprint density at radius 2 is 1.78 bits per heavy atom. The summed E-state index contributed by atoms with van der Waals surface area (Å²) in [5.74, 6) is -1.44. The maximum Gasteiger partial charge on any atom is 0.376 e. The van der Waals surface area contributed by atoms with Gasteiger partial charge in [0.25, 0.3) is 5.78 Å². The van der Waals surface area contributed by atoms with Crippen LogP contribution in [0, 0.1) is 0 Å². The van der Waals surface area contributed by atoms with E-state index >= 15 is 0 Å². The highest BCUT2D eigenvalue weighted by Crippen LogP contribution is 2.07. The molecule has 0 aliphatic heterocycles. The summed E-state index contributed by atoms with van der Waals surface area (Å²) in [6.07, 6.45) is 0.0151. The number of rotatable bonds is 7. The molecule has 0 aromatic heterocycles. The van der Waals surface area contributed by atoms with Crippen LogP contribution in [-0.4, -0.2) is 43.2 Å². The summed E-state index contributed by atoms with van der Waals surface area (Å²) in [5, 5.41) is 0. The number of ketones is 1. The minimum Gasteiger partial charge on any atom is -0.454 e. The Morgan fingerprint density at radius 1 is 1.22 bits per heavy atom. The maximum absolute atomic E-state index is 11.7. The second kappa shape index (κ2) is 7.45. The van der Waals surface area contributed by atoms with E-state index in [9.17, 15) is 9.59 Å².